The second-order valence-electron chi connectivity index (χ2n) is 5.72. The Balaban J connectivity index is 1.53. The number of hydrogen-bond donors (Lipinski definition) is 0. The Bertz CT molecular complexity index is 411. The third-order valence-corrected chi connectivity index (χ3v) is 4.36. The summed E-state index contributed by atoms with van der Waals surface area (Å²) >= 11 is 0. The molecule has 1 unspecified atom stereocenters. The van der Waals surface area contributed by atoms with Crippen LogP contribution in [0.15, 0.2) is 4.52 Å². The number of nitrogens with zero attached hydrogens (tertiary/aromatic N) is 4. The molecule has 5 heteroatoms. The fraction of sp³-hybridized carbons (Fsp3) is 0.857. The van der Waals surface area contributed by atoms with Gasteiger partial charge in [0.05, 0.1) is 6.54 Å². The molecule has 106 valence electrons. The minimum absolute atomic E-state index is 0.583. The Hall–Kier alpha value is -0.940. The van der Waals surface area contributed by atoms with E-state index in [1.54, 1.807) is 0 Å². The van der Waals surface area contributed by atoms with Gasteiger partial charge >= 0.3 is 0 Å². The van der Waals surface area contributed by atoms with E-state index < -0.39 is 0 Å². The molecule has 0 radical (unpaired) electrons. The van der Waals surface area contributed by atoms with E-state index in [4.69, 9.17) is 4.52 Å². The summed E-state index contributed by atoms with van der Waals surface area (Å²) in [6, 6.07) is 0.695. The third kappa shape index (κ3) is 2.98. The van der Waals surface area contributed by atoms with Gasteiger partial charge in [-0.05, 0) is 32.4 Å². The monoisotopic (exact) mass is 264 g/mol. The zero-order valence-electron chi connectivity index (χ0n) is 12.0. The van der Waals surface area contributed by atoms with Gasteiger partial charge in [0.25, 0.3) is 0 Å². The standard InChI is InChI=1S/C14H24N4O/c1-3-18(4-2)12-7-8-17(9-12)10-13-15-14(16-19-13)11-5-6-11/h11-12H,3-10H2,1-2H3. The van der Waals surface area contributed by atoms with Gasteiger partial charge in [0.2, 0.25) is 5.89 Å². The van der Waals surface area contributed by atoms with Crippen molar-refractivity contribution in [3.63, 3.8) is 0 Å². The van der Waals surface area contributed by atoms with E-state index in [2.05, 4.69) is 33.8 Å². The molecule has 1 saturated carbocycles. The Morgan fingerprint density at radius 2 is 2.05 bits per heavy atom. The van der Waals surface area contributed by atoms with Gasteiger partial charge in [0.15, 0.2) is 5.82 Å². The van der Waals surface area contributed by atoms with Crippen LogP contribution in [0.3, 0.4) is 0 Å². The van der Waals surface area contributed by atoms with Crippen molar-refractivity contribution in [1.82, 2.24) is 19.9 Å². The normalized spacial score (nSPS) is 24.5. The number of likely N-dealkylation sites (N-methyl/N-ethyl adjacent to an activating group) is 1. The average Bonchev–Trinajstić information content (AvgIpc) is 3.00. The molecule has 19 heavy (non-hydrogen) atoms. The highest BCUT2D eigenvalue weighted by Crippen LogP contribution is 2.38. The van der Waals surface area contributed by atoms with Crippen molar-refractivity contribution in [2.24, 2.45) is 0 Å². The molecule has 2 heterocycles. The van der Waals surface area contributed by atoms with Crippen LogP contribution in [0.1, 0.15) is 50.7 Å². The van der Waals surface area contributed by atoms with Gasteiger partial charge in [-0.1, -0.05) is 19.0 Å². The van der Waals surface area contributed by atoms with Crippen molar-refractivity contribution in [2.45, 2.75) is 51.6 Å². The largest absolute Gasteiger partial charge is 0.338 e. The van der Waals surface area contributed by atoms with E-state index in [1.165, 1.54) is 19.3 Å². The quantitative estimate of drug-likeness (QED) is 0.785. The van der Waals surface area contributed by atoms with Gasteiger partial charge in [-0.25, -0.2) is 0 Å². The maximum Gasteiger partial charge on any atom is 0.240 e. The molecule has 1 saturated heterocycles. The van der Waals surface area contributed by atoms with Crippen molar-refractivity contribution < 1.29 is 4.52 Å². The molecule has 0 aromatic carbocycles. The van der Waals surface area contributed by atoms with Crippen LogP contribution in [0.4, 0.5) is 0 Å². The molecule has 0 spiro atoms. The van der Waals surface area contributed by atoms with E-state index >= 15 is 0 Å². The van der Waals surface area contributed by atoms with Gasteiger partial charge in [0, 0.05) is 25.0 Å². The van der Waals surface area contributed by atoms with Crippen LogP contribution in [0, 0.1) is 0 Å². The molecule has 2 fully saturated rings. The Labute approximate surface area is 115 Å². The predicted octanol–water partition coefficient (Wildman–Crippen LogP) is 1.86. The first-order chi connectivity index (χ1) is 9.30. The fourth-order valence-electron chi connectivity index (χ4n) is 3.02. The van der Waals surface area contributed by atoms with Crippen LogP contribution in [0.25, 0.3) is 0 Å². The lowest BCUT2D eigenvalue weighted by Gasteiger charge is -2.25. The highest BCUT2D eigenvalue weighted by atomic mass is 16.5. The van der Waals surface area contributed by atoms with Crippen LogP contribution >= 0.6 is 0 Å². The maximum atomic E-state index is 5.36. The fourth-order valence-corrected chi connectivity index (χ4v) is 3.02. The van der Waals surface area contributed by atoms with E-state index in [-0.39, 0.29) is 0 Å². The number of likely N-dealkylation sites (tertiary alicyclic amines) is 1. The molecule has 0 N–H and O–H groups in total. The molecule has 1 aliphatic carbocycles. The summed E-state index contributed by atoms with van der Waals surface area (Å²) in [5.74, 6) is 2.30. The molecule has 1 atom stereocenters. The molecule has 1 aromatic heterocycles. The van der Waals surface area contributed by atoms with E-state index in [0.717, 1.165) is 44.4 Å². The molecular formula is C14H24N4O. The molecule has 2 aliphatic rings. The lowest BCUT2D eigenvalue weighted by molar-refractivity contribution is 0.200. The topological polar surface area (TPSA) is 45.4 Å². The SMILES string of the molecule is CCN(CC)C1CCN(Cc2nc(C3CC3)no2)C1. The van der Waals surface area contributed by atoms with Gasteiger partial charge in [-0.2, -0.15) is 4.98 Å². The van der Waals surface area contributed by atoms with Crippen LogP contribution in [-0.2, 0) is 6.54 Å². The summed E-state index contributed by atoms with van der Waals surface area (Å²) in [6.07, 6.45) is 3.71. The average molecular weight is 264 g/mol. The summed E-state index contributed by atoms with van der Waals surface area (Å²) in [5.41, 5.74) is 0. The first-order valence-electron chi connectivity index (χ1n) is 7.59. The molecule has 1 aromatic rings. The van der Waals surface area contributed by atoms with Gasteiger partial charge in [0.1, 0.15) is 0 Å². The lowest BCUT2D eigenvalue weighted by atomic mass is 10.2. The molecule has 0 bridgehead atoms. The molecule has 5 nitrogen and oxygen atoms in total. The van der Waals surface area contributed by atoms with Crippen LogP contribution in [0.2, 0.25) is 0 Å². The third-order valence-electron chi connectivity index (χ3n) is 4.36. The summed E-state index contributed by atoms with van der Waals surface area (Å²) in [6.45, 7) is 9.85. The molecule has 1 aliphatic heterocycles. The van der Waals surface area contributed by atoms with Crippen molar-refractivity contribution in [3.05, 3.63) is 11.7 Å². The maximum absolute atomic E-state index is 5.36. The zero-order chi connectivity index (χ0) is 13.2. The number of rotatable bonds is 6. The summed E-state index contributed by atoms with van der Waals surface area (Å²) in [5, 5.41) is 4.08. The zero-order valence-corrected chi connectivity index (χ0v) is 12.0. The molecule has 0 amide bonds. The Morgan fingerprint density at radius 3 is 2.74 bits per heavy atom. The van der Waals surface area contributed by atoms with E-state index in [9.17, 15) is 0 Å². The van der Waals surface area contributed by atoms with Crippen molar-refractivity contribution >= 4 is 0 Å². The summed E-state index contributed by atoms with van der Waals surface area (Å²) < 4.78 is 5.36. The van der Waals surface area contributed by atoms with E-state index in [0.29, 0.717) is 12.0 Å². The minimum atomic E-state index is 0.583. The summed E-state index contributed by atoms with van der Waals surface area (Å²) in [7, 11) is 0. The predicted molar refractivity (Wildman–Crippen MR) is 72.9 cm³/mol. The first-order valence-corrected chi connectivity index (χ1v) is 7.59. The van der Waals surface area contributed by atoms with Crippen LogP contribution in [-0.4, -0.2) is 52.2 Å². The highest BCUT2D eigenvalue weighted by Gasteiger charge is 2.30. The van der Waals surface area contributed by atoms with Gasteiger partial charge < -0.3 is 4.52 Å². The smallest absolute Gasteiger partial charge is 0.240 e. The highest BCUT2D eigenvalue weighted by molar-refractivity contribution is 5.03. The second kappa shape index (κ2) is 5.59. The van der Waals surface area contributed by atoms with Crippen molar-refractivity contribution in [1.29, 1.82) is 0 Å². The second-order valence-corrected chi connectivity index (χ2v) is 5.72. The van der Waals surface area contributed by atoms with E-state index in [1.807, 2.05) is 0 Å². The molecule has 3 rings (SSSR count). The van der Waals surface area contributed by atoms with Crippen LogP contribution in [0.5, 0.6) is 0 Å². The number of hydrogen-bond acceptors (Lipinski definition) is 5. The summed E-state index contributed by atoms with van der Waals surface area (Å²) in [4.78, 5) is 9.50. The Morgan fingerprint density at radius 1 is 1.26 bits per heavy atom. The lowest BCUT2D eigenvalue weighted by Crippen LogP contribution is -2.37. The Kier molecular flexibility index (Phi) is 3.84. The van der Waals surface area contributed by atoms with Crippen molar-refractivity contribution in [2.75, 3.05) is 26.2 Å². The first kappa shape index (κ1) is 13.1. The molecular weight excluding hydrogens is 240 g/mol. The van der Waals surface area contributed by atoms with Crippen LogP contribution < -0.4 is 0 Å². The van der Waals surface area contributed by atoms with Gasteiger partial charge in [-0.3, -0.25) is 9.80 Å². The number of aromatic nitrogens is 2. The minimum Gasteiger partial charge on any atom is -0.338 e. The van der Waals surface area contributed by atoms with Crippen molar-refractivity contribution in [3.8, 4) is 0 Å². The van der Waals surface area contributed by atoms with Gasteiger partial charge in [-0.15, -0.1) is 0 Å².